The van der Waals surface area contributed by atoms with E-state index in [4.69, 9.17) is 4.42 Å². The van der Waals surface area contributed by atoms with Crippen LogP contribution in [0.25, 0.3) is 0 Å². The molecule has 0 amide bonds. The Balaban J connectivity index is 1.76. The van der Waals surface area contributed by atoms with Crippen molar-refractivity contribution in [2.45, 2.75) is 70.6 Å². The number of hydrogen-bond donors (Lipinski definition) is 0. The Morgan fingerprint density at radius 1 is 1.20 bits per heavy atom. The van der Waals surface area contributed by atoms with E-state index in [2.05, 4.69) is 6.07 Å². The lowest BCUT2D eigenvalue weighted by atomic mass is 9.75. The fourth-order valence-electron chi connectivity index (χ4n) is 5.86. The monoisotopic (exact) mass is 272 g/mol. The highest BCUT2D eigenvalue weighted by atomic mass is 16.3. The third-order valence-electron chi connectivity index (χ3n) is 6.61. The molecule has 108 valence electrons. The Labute approximate surface area is 120 Å². The summed E-state index contributed by atoms with van der Waals surface area (Å²) in [7, 11) is 0. The Morgan fingerprint density at radius 3 is 2.60 bits per heavy atom. The molecule has 4 rings (SSSR count). The highest BCUT2D eigenvalue weighted by molar-refractivity contribution is 5.95. The Kier molecular flexibility index (Phi) is 2.53. The van der Waals surface area contributed by atoms with Crippen LogP contribution in [-0.4, -0.2) is 5.78 Å². The normalized spacial score (nSPS) is 34.2. The van der Waals surface area contributed by atoms with Gasteiger partial charge in [0.1, 0.15) is 11.5 Å². The zero-order valence-corrected chi connectivity index (χ0v) is 12.6. The van der Waals surface area contributed by atoms with Crippen molar-refractivity contribution in [2.75, 3.05) is 0 Å². The molecule has 3 fully saturated rings. The number of furan rings is 1. The maximum Gasteiger partial charge on any atom is 0.163 e. The average Bonchev–Trinajstić information content (AvgIpc) is 2.85. The van der Waals surface area contributed by atoms with Crippen LogP contribution in [0.3, 0.4) is 0 Å². The molecule has 20 heavy (non-hydrogen) atoms. The highest BCUT2D eigenvalue weighted by Crippen LogP contribution is 2.81. The van der Waals surface area contributed by atoms with Crippen LogP contribution in [0.5, 0.6) is 0 Å². The maximum atomic E-state index is 11.7. The van der Waals surface area contributed by atoms with Gasteiger partial charge in [0.05, 0.1) is 5.56 Å². The fourth-order valence-corrected chi connectivity index (χ4v) is 5.86. The molecule has 1 heterocycles. The second-order valence-electron chi connectivity index (χ2n) is 7.27. The number of fused-ring (bicyclic) bond motifs is 3. The maximum absolute atomic E-state index is 11.7. The molecule has 0 saturated heterocycles. The summed E-state index contributed by atoms with van der Waals surface area (Å²) < 4.78 is 6.11. The average molecular weight is 272 g/mol. The van der Waals surface area contributed by atoms with E-state index in [1.165, 1.54) is 51.4 Å². The first-order chi connectivity index (χ1) is 9.62. The molecular weight excluding hydrogens is 248 g/mol. The van der Waals surface area contributed by atoms with E-state index in [1.807, 2.05) is 6.92 Å². The van der Waals surface area contributed by atoms with Gasteiger partial charge in [-0.2, -0.15) is 0 Å². The van der Waals surface area contributed by atoms with Crippen LogP contribution in [0.4, 0.5) is 0 Å². The molecule has 0 bridgehead atoms. The summed E-state index contributed by atoms with van der Waals surface area (Å²) in [5, 5.41) is 0. The summed E-state index contributed by atoms with van der Waals surface area (Å²) in [4.78, 5) is 11.7. The number of carbonyl (C=O) groups excluding carboxylic acids is 1. The van der Waals surface area contributed by atoms with Crippen molar-refractivity contribution in [3.63, 3.8) is 0 Å². The minimum atomic E-state index is 0.141. The molecule has 0 unspecified atom stereocenters. The topological polar surface area (TPSA) is 30.2 Å². The number of carbonyl (C=O) groups is 1. The molecule has 1 spiro atoms. The summed E-state index contributed by atoms with van der Waals surface area (Å²) in [6.07, 6.45) is 10.9. The van der Waals surface area contributed by atoms with Gasteiger partial charge in [0.15, 0.2) is 5.78 Å². The van der Waals surface area contributed by atoms with Crippen molar-refractivity contribution in [3.8, 4) is 0 Å². The summed E-state index contributed by atoms with van der Waals surface area (Å²) in [6, 6.07) is 2.08. The van der Waals surface area contributed by atoms with Crippen molar-refractivity contribution >= 4 is 5.78 Å². The zero-order chi connectivity index (χ0) is 14.0. The van der Waals surface area contributed by atoms with Crippen LogP contribution in [0.1, 0.15) is 80.2 Å². The second-order valence-corrected chi connectivity index (χ2v) is 7.27. The minimum absolute atomic E-state index is 0.141. The van der Waals surface area contributed by atoms with Gasteiger partial charge < -0.3 is 4.42 Å². The van der Waals surface area contributed by atoms with E-state index in [9.17, 15) is 4.79 Å². The van der Waals surface area contributed by atoms with Gasteiger partial charge in [0, 0.05) is 5.41 Å². The highest BCUT2D eigenvalue weighted by Gasteiger charge is 2.78. The fraction of sp³-hybridized carbons (Fsp3) is 0.722. The van der Waals surface area contributed by atoms with Gasteiger partial charge in [0.25, 0.3) is 0 Å². The summed E-state index contributed by atoms with van der Waals surface area (Å²) in [6.45, 7) is 3.59. The molecule has 2 atom stereocenters. The van der Waals surface area contributed by atoms with Gasteiger partial charge in [-0.1, -0.05) is 25.7 Å². The predicted molar refractivity (Wildman–Crippen MR) is 78.0 cm³/mol. The molecule has 0 aliphatic heterocycles. The smallest absolute Gasteiger partial charge is 0.163 e. The molecule has 0 N–H and O–H groups in total. The number of rotatable bonds is 2. The molecule has 2 heteroatoms. The van der Waals surface area contributed by atoms with Gasteiger partial charge in [-0.25, -0.2) is 0 Å². The molecular formula is C18H24O2. The molecule has 0 aromatic carbocycles. The molecule has 0 radical (unpaired) electrons. The molecule has 2 nitrogen and oxygen atoms in total. The number of Topliss-reactive ketones (excluding diaryl/α,β-unsaturated/α-hetero) is 1. The Hall–Kier alpha value is -1.05. The third-order valence-corrected chi connectivity index (χ3v) is 6.61. The van der Waals surface area contributed by atoms with Gasteiger partial charge in [0.2, 0.25) is 0 Å². The van der Waals surface area contributed by atoms with Crippen LogP contribution in [0.2, 0.25) is 0 Å². The van der Waals surface area contributed by atoms with E-state index in [0.29, 0.717) is 10.8 Å². The van der Waals surface area contributed by atoms with E-state index < -0.39 is 0 Å². The number of hydrogen-bond acceptors (Lipinski definition) is 2. The third kappa shape index (κ3) is 1.33. The molecule has 3 aliphatic carbocycles. The van der Waals surface area contributed by atoms with Crippen molar-refractivity contribution in [1.82, 2.24) is 0 Å². The van der Waals surface area contributed by atoms with Gasteiger partial charge >= 0.3 is 0 Å². The first kappa shape index (κ1) is 12.7. The Morgan fingerprint density at radius 2 is 1.95 bits per heavy atom. The summed E-state index contributed by atoms with van der Waals surface area (Å²) in [5.74, 6) is 2.94. The first-order valence-corrected chi connectivity index (χ1v) is 8.24. The van der Waals surface area contributed by atoms with Crippen LogP contribution >= 0.6 is 0 Å². The van der Waals surface area contributed by atoms with Crippen LogP contribution in [0, 0.1) is 18.3 Å². The summed E-state index contributed by atoms with van der Waals surface area (Å²) in [5.41, 5.74) is 1.63. The quantitative estimate of drug-likeness (QED) is 0.724. The lowest BCUT2D eigenvalue weighted by Gasteiger charge is -2.29. The Bertz CT molecular complexity index is 562. The van der Waals surface area contributed by atoms with Gasteiger partial charge in [-0.15, -0.1) is 0 Å². The van der Waals surface area contributed by atoms with E-state index in [0.717, 1.165) is 23.0 Å². The van der Waals surface area contributed by atoms with Crippen LogP contribution < -0.4 is 0 Å². The molecule has 1 aromatic heterocycles. The second kappa shape index (κ2) is 3.99. The standard InChI is InChI=1S/C18H24O2/c1-12(19)14-11-16(20-13(14)2)18-10-6-7-15(18)17(18)8-4-3-5-9-17/h11,15H,3-10H2,1-2H3/t15-,18-/m0/s1. The van der Waals surface area contributed by atoms with Gasteiger partial charge in [-0.3, -0.25) is 4.79 Å². The van der Waals surface area contributed by atoms with E-state index >= 15 is 0 Å². The van der Waals surface area contributed by atoms with Crippen molar-refractivity contribution in [2.24, 2.45) is 11.3 Å². The number of ketones is 1. The van der Waals surface area contributed by atoms with Crippen LogP contribution in [-0.2, 0) is 5.41 Å². The van der Waals surface area contributed by atoms with Crippen molar-refractivity contribution in [1.29, 1.82) is 0 Å². The van der Waals surface area contributed by atoms with Crippen molar-refractivity contribution < 1.29 is 9.21 Å². The van der Waals surface area contributed by atoms with Crippen LogP contribution in [0.15, 0.2) is 10.5 Å². The molecule has 1 aromatic rings. The minimum Gasteiger partial charge on any atom is -0.465 e. The lowest BCUT2D eigenvalue weighted by Crippen LogP contribution is -2.21. The first-order valence-electron chi connectivity index (χ1n) is 8.24. The van der Waals surface area contributed by atoms with Gasteiger partial charge in [-0.05, 0) is 56.9 Å². The predicted octanol–water partition coefficient (Wildman–Crippen LogP) is 4.79. The number of aryl methyl sites for hydroxylation is 1. The van der Waals surface area contributed by atoms with Crippen molar-refractivity contribution in [3.05, 3.63) is 23.2 Å². The summed E-state index contributed by atoms with van der Waals surface area (Å²) >= 11 is 0. The van der Waals surface area contributed by atoms with E-state index in [-0.39, 0.29) is 5.78 Å². The zero-order valence-electron chi connectivity index (χ0n) is 12.6. The lowest BCUT2D eigenvalue weighted by molar-refractivity contribution is 0.101. The molecule has 3 saturated carbocycles. The molecule has 3 aliphatic rings. The van der Waals surface area contributed by atoms with E-state index in [1.54, 1.807) is 6.92 Å². The largest absolute Gasteiger partial charge is 0.465 e. The SMILES string of the molecule is CC(=O)c1cc([C@]23CCC[C@H]2C32CCCCC2)oc1C.